The van der Waals surface area contributed by atoms with Gasteiger partial charge in [-0.05, 0) is 53.2 Å². The molecule has 4 rings (SSSR count). The van der Waals surface area contributed by atoms with E-state index in [4.69, 9.17) is 4.74 Å². The summed E-state index contributed by atoms with van der Waals surface area (Å²) >= 11 is 0. The molecule has 0 unspecified atom stereocenters. The van der Waals surface area contributed by atoms with Gasteiger partial charge in [-0.2, -0.15) is 5.26 Å². The molecule has 1 aromatic heterocycles. The lowest BCUT2D eigenvalue weighted by molar-refractivity contribution is 0.0130. The molecule has 2 aliphatic rings. The first-order chi connectivity index (χ1) is 15.2. The van der Waals surface area contributed by atoms with Crippen LogP contribution in [0, 0.1) is 17.2 Å². The second-order valence-corrected chi connectivity index (χ2v) is 9.91. The average Bonchev–Trinajstić information content (AvgIpc) is 3.22. The fourth-order valence-electron chi connectivity index (χ4n) is 4.62. The molecule has 32 heavy (non-hydrogen) atoms. The summed E-state index contributed by atoms with van der Waals surface area (Å²) in [7, 11) is 0. The Morgan fingerprint density at radius 3 is 2.62 bits per heavy atom. The number of rotatable bonds is 2. The van der Waals surface area contributed by atoms with Crippen molar-refractivity contribution in [1.29, 1.82) is 5.26 Å². The van der Waals surface area contributed by atoms with E-state index in [0.717, 1.165) is 41.9 Å². The van der Waals surface area contributed by atoms with Crippen molar-refractivity contribution < 1.29 is 9.53 Å². The Kier molecular flexibility index (Phi) is 5.85. The van der Waals surface area contributed by atoms with Crippen molar-refractivity contribution in [2.45, 2.75) is 58.7 Å². The van der Waals surface area contributed by atoms with Crippen molar-refractivity contribution >= 4 is 28.5 Å². The van der Waals surface area contributed by atoms with Gasteiger partial charge in [0.25, 0.3) is 0 Å². The summed E-state index contributed by atoms with van der Waals surface area (Å²) < 4.78 is 5.61. The number of hydrogen-bond acceptors (Lipinski definition) is 7. The van der Waals surface area contributed by atoms with Crippen LogP contribution in [0.2, 0.25) is 0 Å². The maximum absolute atomic E-state index is 12.7. The Hall–Kier alpha value is -3.08. The molecule has 2 saturated heterocycles. The van der Waals surface area contributed by atoms with Crippen LogP contribution in [0.4, 0.5) is 16.3 Å². The van der Waals surface area contributed by atoms with Crippen molar-refractivity contribution in [3.8, 4) is 6.07 Å². The lowest BCUT2D eigenvalue weighted by Gasteiger charge is -2.44. The molecule has 0 bridgehead atoms. The van der Waals surface area contributed by atoms with E-state index in [0.29, 0.717) is 13.1 Å². The largest absolute Gasteiger partial charge is 0.444 e. The molecule has 0 saturated carbocycles. The van der Waals surface area contributed by atoms with E-state index in [1.807, 2.05) is 38.7 Å². The fraction of sp³-hybridized carbons (Fsp3) is 0.583. The molecule has 170 valence electrons. The van der Waals surface area contributed by atoms with Gasteiger partial charge in [0.05, 0.1) is 23.2 Å². The normalized spacial score (nSPS) is 24.0. The maximum atomic E-state index is 12.7. The third-order valence-electron chi connectivity index (χ3n) is 6.22. The number of piperazine rings is 1. The lowest BCUT2D eigenvalue weighted by atomic mass is 10.1. The number of nitriles is 1. The minimum Gasteiger partial charge on any atom is -0.444 e. The first kappa shape index (κ1) is 22.1. The highest BCUT2D eigenvalue weighted by molar-refractivity contribution is 5.97. The van der Waals surface area contributed by atoms with Gasteiger partial charge in [-0.15, -0.1) is 0 Å². The van der Waals surface area contributed by atoms with Crippen LogP contribution in [-0.2, 0) is 4.74 Å². The molecule has 0 N–H and O–H groups in total. The quantitative estimate of drug-likeness (QED) is 0.707. The summed E-state index contributed by atoms with van der Waals surface area (Å²) in [4.78, 5) is 28.3. The third-order valence-corrected chi connectivity index (χ3v) is 6.22. The zero-order chi connectivity index (χ0) is 23.0. The number of benzene rings is 1. The molecule has 2 fully saturated rings. The Balaban J connectivity index is 1.61. The van der Waals surface area contributed by atoms with Crippen LogP contribution >= 0.6 is 0 Å². The Labute approximate surface area is 189 Å². The first-order valence-corrected chi connectivity index (χ1v) is 11.3. The topological polar surface area (TPSA) is 85.6 Å². The molecule has 0 spiro atoms. The van der Waals surface area contributed by atoms with Crippen LogP contribution in [0.5, 0.6) is 0 Å². The molecule has 0 aliphatic carbocycles. The number of fused-ring (bicyclic) bond motifs is 1. The number of carbonyl (C=O) groups excluding carboxylic acids is 1. The van der Waals surface area contributed by atoms with Crippen molar-refractivity contribution in [3.05, 3.63) is 24.5 Å². The zero-order valence-corrected chi connectivity index (χ0v) is 19.6. The highest BCUT2D eigenvalue weighted by atomic mass is 16.6. The molecule has 8 heteroatoms. The van der Waals surface area contributed by atoms with Gasteiger partial charge in [-0.25, -0.2) is 14.8 Å². The number of carbonyl (C=O) groups is 1. The van der Waals surface area contributed by atoms with Crippen LogP contribution in [0.25, 0.3) is 10.9 Å². The number of aromatic nitrogens is 2. The average molecular weight is 437 g/mol. The zero-order valence-electron chi connectivity index (χ0n) is 19.6. The highest BCUT2D eigenvalue weighted by Gasteiger charge is 2.36. The molecular weight excluding hydrogens is 404 g/mol. The summed E-state index contributed by atoms with van der Waals surface area (Å²) in [5.74, 6) is 0.949. The van der Waals surface area contributed by atoms with E-state index in [2.05, 4.69) is 44.9 Å². The van der Waals surface area contributed by atoms with Crippen LogP contribution < -0.4 is 9.80 Å². The minimum atomic E-state index is -0.517. The van der Waals surface area contributed by atoms with Crippen LogP contribution in [-0.4, -0.2) is 64.8 Å². The number of amides is 1. The molecule has 8 nitrogen and oxygen atoms in total. The second kappa shape index (κ2) is 8.45. The van der Waals surface area contributed by atoms with E-state index >= 15 is 0 Å². The van der Waals surface area contributed by atoms with Crippen LogP contribution in [0.1, 0.15) is 41.0 Å². The number of para-hydroxylation sites is 1. The van der Waals surface area contributed by atoms with Crippen molar-refractivity contribution in [2.75, 3.05) is 36.0 Å². The van der Waals surface area contributed by atoms with Crippen LogP contribution in [0.15, 0.2) is 24.5 Å². The number of ether oxygens (including phenoxy) is 1. The summed E-state index contributed by atoms with van der Waals surface area (Å²) in [5, 5.41) is 10.3. The Morgan fingerprint density at radius 1 is 1.16 bits per heavy atom. The SMILES string of the molecule is C[C@@H]1CN(c2ncnc3c(N4CC[C@@H](C#N)C4)cccc23)[C@@H](C)CN1C(=O)OC(C)(C)C. The molecule has 1 aromatic carbocycles. The van der Waals surface area contributed by atoms with E-state index in [1.165, 1.54) is 0 Å². The molecular formula is C24H32N6O2. The number of nitrogens with zero attached hydrogens (tertiary/aromatic N) is 6. The van der Waals surface area contributed by atoms with Crippen molar-refractivity contribution in [2.24, 2.45) is 5.92 Å². The van der Waals surface area contributed by atoms with Gasteiger partial charge in [0, 0.05) is 43.6 Å². The number of hydrogen-bond donors (Lipinski definition) is 0. The molecule has 2 aromatic rings. The summed E-state index contributed by atoms with van der Waals surface area (Å²) in [6.45, 7) is 12.6. The monoisotopic (exact) mass is 436 g/mol. The van der Waals surface area contributed by atoms with E-state index < -0.39 is 5.60 Å². The van der Waals surface area contributed by atoms with Gasteiger partial charge in [-0.3, -0.25) is 0 Å². The predicted octanol–water partition coefficient (Wildman–Crippen LogP) is 3.81. The molecule has 1 amide bonds. The minimum absolute atomic E-state index is 0.00998. The van der Waals surface area contributed by atoms with Gasteiger partial charge in [0.1, 0.15) is 17.7 Å². The van der Waals surface area contributed by atoms with Gasteiger partial charge in [0.2, 0.25) is 0 Å². The van der Waals surface area contributed by atoms with Gasteiger partial charge >= 0.3 is 6.09 Å². The smallest absolute Gasteiger partial charge is 0.410 e. The molecule has 3 atom stereocenters. The Morgan fingerprint density at radius 2 is 1.94 bits per heavy atom. The van der Waals surface area contributed by atoms with E-state index in [1.54, 1.807) is 6.33 Å². The van der Waals surface area contributed by atoms with Gasteiger partial charge in [-0.1, -0.05) is 6.07 Å². The summed E-state index contributed by atoms with van der Waals surface area (Å²) in [5.41, 5.74) is 1.44. The molecule has 2 aliphatic heterocycles. The fourth-order valence-corrected chi connectivity index (χ4v) is 4.62. The van der Waals surface area contributed by atoms with Crippen molar-refractivity contribution in [3.63, 3.8) is 0 Å². The number of anilines is 2. The summed E-state index contributed by atoms with van der Waals surface area (Å²) in [6.07, 6.45) is 2.23. The van der Waals surface area contributed by atoms with Crippen LogP contribution in [0.3, 0.4) is 0 Å². The van der Waals surface area contributed by atoms with Gasteiger partial charge in [0.15, 0.2) is 0 Å². The predicted molar refractivity (Wildman–Crippen MR) is 125 cm³/mol. The van der Waals surface area contributed by atoms with Gasteiger partial charge < -0.3 is 19.4 Å². The third kappa shape index (κ3) is 4.29. The van der Waals surface area contributed by atoms with E-state index in [-0.39, 0.29) is 24.1 Å². The van der Waals surface area contributed by atoms with E-state index in [9.17, 15) is 10.1 Å². The second-order valence-electron chi connectivity index (χ2n) is 9.91. The first-order valence-electron chi connectivity index (χ1n) is 11.3. The standard InChI is InChI=1S/C24H32N6O2/c1-16-13-30(23(31)32-24(3,4)5)17(2)12-29(16)22-19-7-6-8-20(21(19)26-15-27-22)28-10-9-18(11-25)14-28/h6-8,15-18H,9-10,12-14H2,1-5H3/t16-,17+,18-/m0/s1. The lowest BCUT2D eigenvalue weighted by Crippen LogP contribution is -2.59. The maximum Gasteiger partial charge on any atom is 0.410 e. The molecule has 0 radical (unpaired) electrons. The highest BCUT2D eigenvalue weighted by Crippen LogP contribution is 2.34. The summed E-state index contributed by atoms with van der Waals surface area (Å²) in [6, 6.07) is 8.63. The molecule has 3 heterocycles. The Bertz CT molecular complexity index is 1040. The van der Waals surface area contributed by atoms with Crippen molar-refractivity contribution in [1.82, 2.24) is 14.9 Å².